The predicted molar refractivity (Wildman–Crippen MR) is 72.9 cm³/mol. The van der Waals surface area contributed by atoms with E-state index in [1.807, 2.05) is 37.5 Å². The molecule has 1 heterocycles. The lowest BCUT2D eigenvalue weighted by Crippen LogP contribution is -2.12. The monoisotopic (exact) mass is 242 g/mol. The minimum absolute atomic E-state index is 0.113. The molecule has 0 aliphatic rings. The highest BCUT2D eigenvalue weighted by molar-refractivity contribution is 5.95. The van der Waals surface area contributed by atoms with E-state index in [0.717, 1.165) is 29.9 Å². The largest absolute Gasteiger partial charge is 0.384 e. The number of hydrogen-bond acceptors (Lipinski definition) is 2. The summed E-state index contributed by atoms with van der Waals surface area (Å²) in [5.41, 5.74) is 8.64. The summed E-state index contributed by atoms with van der Waals surface area (Å²) >= 11 is 0. The van der Waals surface area contributed by atoms with Crippen molar-refractivity contribution in [3.05, 3.63) is 53.1 Å². The molecule has 0 amide bonds. The molecule has 0 atom stereocenters. The molecule has 0 radical (unpaired) electrons. The average Bonchev–Trinajstić information content (AvgIpc) is 2.78. The highest BCUT2D eigenvalue weighted by Gasteiger charge is 2.05. The summed E-state index contributed by atoms with van der Waals surface area (Å²) in [6, 6.07) is 5.89. The number of aryl methyl sites for hydroxylation is 2. The molecule has 0 bridgehead atoms. The molecular formula is C14H18N4. The molecule has 0 aliphatic heterocycles. The number of rotatable bonds is 4. The Morgan fingerprint density at radius 1 is 1.44 bits per heavy atom. The first-order valence-electron chi connectivity index (χ1n) is 6.05. The van der Waals surface area contributed by atoms with Gasteiger partial charge >= 0.3 is 0 Å². The molecular weight excluding hydrogens is 224 g/mol. The zero-order valence-corrected chi connectivity index (χ0v) is 10.8. The Bertz CT molecular complexity index is 569. The molecule has 0 saturated carbocycles. The normalized spacial score (nSPS) is 10.6. The van der Waals surface area contributed by atoms with E-state index in [1.54, 1.807) is 0 Å². The highest BCUT2D eigenvalue weighted by atomic mass is 15.1. The Morgan fingerprint density at radius 3 is 2.83 bits per heavy atom. The minimum Gasteiger partial charge on any atom is -0.384 e. The van der Waals surface area contributed by atoms with Crippen molar-refractivity contribution in [3.8, 4) is 0 Å². The van der Waals surface area contributed by atoms with E-state index < -0.39 is 0 Å². The Balaban J connectivity index is 2.27. The zero-order valence-electron chi connectivity index (χ0n) is 10.8. The van der Waals surface area contributed by atoms with Gasteiger partial charge in [-0.1, -0.05) is 19.1 Å². The molecule has 4 heteroatoms. The molecule has 94 valence electrons. The van der Waals surface area contributed by atoms with Gasteiger partial charge in [-0.15, -0.1) is 0 Å². The van der Waals surface area contributed by atoms with E-state index in [4.69, 9.17) is 11.1 Å². The minimum atomic E-state index is 0.113. The summed E-state index contributed by atoms with van der Waals surface area (Å²) in [5, 5.41) is 7.43. The van der Waals surface area contributed by atoms with Crippen LogP contribution in [0, 0.1) is 12.3 Å². The summed E-state index contributed by atoms with van der Waals surface area (Å²) in [4.78, 5) is 4.32. The molecule has 1 aromatic heterocycles. The Kier molecular flexibility index (Phi) is 3.46. The second kappa shape index (κ2) is 5.04. The van der Waals surface area contributed by atoms with Crippen molar-refractivity contribution in [1.29, 1.82) is 5.41 Å². The van der Waals surface area contributed by atoms with E-state index in [9.17, 15) is 0 Å². The fourth-order valence-corrected chi connectivity index (χ4v) is 2.02. The zero-order chi connectivity index (χ0) is 13.1. The Hall–Kier alpha value is -2.10. The van der Waals surface area contributed by atoms with Crippen molar-refractivity contribution in [1.82, 2.24) is 9.55 Å². The first-order chi connectivity index (χ1) is 8.61. The first-order valence-corrected chi connectivity index (χ1v) is 6.05. The fraction of sp³-hybridized carbons (Fsp3) is 0.286. The van der Waals surface area contributed by atoms with Crippen LogP contribution in [-0.4, -0.2) is 15.4 Å². The summed E-state index contributed by atoms with van der Waals surface area (Å²) in [6.45, 7) is 4.96. The molecule has 2 rings (SSSR count). The number of benzene rings is 1. The van der Waals surface area contributed by atoms with E-state index >= 15 is 0 Å². The third-order valence-corrected chi connectivity index (χ3v) is 3.11. The van der Waals surface area contributed by atoms with Crippen molar-refractivity contribution in [3.63, 3.8) is 0 Å². The van der Waals surface area contributed by atoms with Crippen molar-refractivity contribution in [2.45, 2.75) is 26.8 Å². The van der Waals surface area contributed by atoms with Crippen LogP contribution in [0.1, 0.15) is 29.4 Å². The van der Waals surface area contributed by atoms with Gasteiger partial charge in [-0.05, 0) is 24.1 Å². The molecule has 3 N–H and O–H groups in total. The lowest BCUT2D eigenvalue weighted by molar-refractivity contribution is 0.729. The molecule has 2 aromatic rings. The molecule has 0 aliphatic carbocycles. The standard InChI is InChI=1S/C14H18N4/c1-3-13-17-6-7-18(13)9-12-5-4-11(14(15)16)8-10(12)2/h4-8H,3,9H2,1-2H3,(H3,15,16). The number of amidine groups is 1. The third kappa shape index (κ3) is 2.42. The summed E-state index contributed by atoms with van der Waals surface area (Å²) < 4.78 is 2.15. The van der Waals surface area contributed by atoms with E-state index in [-0.39, 0.29) is 5.84 Å². The summed E-state index contributed by atoms with van der Waals surface area (Å²) in [5.74, 6) is 1.20. The van der Waals surface area contributed by atoms with Gasteiger partial charge in [0.2, 0.25) is 0 Å². The van der Waals surface area contributed by atoms with Crippen molar-refractivity contribution >= 4 is 5.84 Å². The van der Waals surface area contributed by atoms with E-state index in [0.29, 0.717) is 0 Å². The molecule has 0 fully saturated rings. The second-order valence-corrected chi connectivity index (χ2v) is 4.38. The maximum absolute atomic E-state index is 7.43. The topological polar surface area (TPSA) is 67.7 Å². The summed E-state index contributed by atoms with van der Waals surface area (Å²) in [6.07, 6.45) is 4.76. The molecule has 0 spiro atoms. The number of nitrogen functional groups attached to an aromatic ring is 1. The van der Waals surface area contributed by atoms with E-state index in [2.05, 4.69) is 16.5 Å². The number of nitrogens with zero attached hydrogens (tertiary/aromatic N) is 2. The average molecular weight is 242 g/mol. The van der Waals surface area contributed by atoms with Crippen LogP contribution in [0.3, 0.4) is 0 Å². The highest BCUT2D eigenvalue weighted by Crippen LogP contribution is 2.13. The SMILES string of the molecule is CCc1nccn1Cc1ccc(C(=N)N)cc1C. The molecule has 18 heavy (non-hydrogen) atoms. The smallest absolute Gasteiger partial charge is 0.122 e. The number of nitrogens with one attached hydrogen (secondary N) is 1. The van der Waals surface area contributed by atoms with Crippen LogP contribution < -0.4 is 5.73 Å². The Labute approximate surface area is 107 Å². The predicted octanol–water partition coefficient (Wildman–Crippen LogP) is 2.09. The van der Waals surface area contributed by atoms with Gasteiger partial charge < -0.3 is 10.3 Å². The van der Waals surface area contributed by atoms with Crippen LogP contribution in [0.4, 0.5) is 0 Å². The van der Waals surface area contributed by atoms with E-state index in [1.165, 1.54) is 5.56 Å². The quantitative estimate of drug-likeness (QED) is 0.636. The lowest BCUT2D eigenvalue weighted by atomic mass is 10.0. The maximum Gasteiger partial charge on any atom is 0.122 e. The Morgan fingerprint density at radius 2 is 2.22 bits per heavy atom. The van der Waals surface area contributed by atoms with Crippen LogP contribution in [0.15, 0.2) is 30.6 Å². The van der Waals surface area contributed by atoms with Gasteiger partial charge in [0.25, 0.3) is 0 Å². The van der Waals surface area contributed by atoms with Gasteiger partial charge in [-0.2, -0.15) is 0 Å². The number of imidazole rings is 1. The summed E-state index contributed by atoms with van der Waals surface area (Å²) in [7, 11) is 0. The third-order valence-electron chi connectivity index (χ3n) is 3.11. The molecule has 0 saturated heterocycles. The molecule has 4 nitrogen and oxygen atoms in total. The van der Waals surface area contributed by atoms with Gasteiger partial charge in [0.15, 0.2) is 0 Å². The maximum atomic E-state index is 7.43. The van der Waals surface area contributed by atoms with Crippen LogP contribution in [-0.2, 0) is 13.0 Å². The van der Waals surface area contributed by atoms with Crippen LogP contribution >= 0.6 is 0 Å². The van der Waals surface area contributed by atoms with Crippen LogP contribution in [0.25, 0.3) is 0 Å². The second-order valence-electron chi connectivity index (χ2n) is 4.38. The van der Waals surface area contributed by atoms with Gasteiger partial charge in [-0.3, -0.25) is 5.41 Å². The lowest BCUT2D eigenvalue weighted by Gasteiger charge is -2.10. The van der Waals surface area contributed by atoms with Gasteiger partial charge in [0, 0.05) is 30.9 Å². The van der Waals surface area contributed by atoms with Gasteiger partial charge in [-0.25, -0.2) is 4.98 Å². The number of aromatic nitrogens is 2. The van der Waals surface area contributed by atoms with Crippen molar-refractivity contribution < 1.29 is 0 Å². The van der Waals surface area contributed by atoms with Gasteiger partial charge in [0.05, 0.1) is 0 Å². The van der Waals surface area contributed by atoms with Gasteiger partial charge in [0.1, 0.15) is 11.7 Å². The molecule has 0 unspecified atom stereocenters. The fourth-order valence-electron chi connectivity index (χ4n) is 2.02. The number of hydrogen-bond donors (Lipinski definition) is 2. The van der Waals surface area contributed by atoms with Crippen LogP contribution in [0.2, 0.25) is 0 Å². The first kappa shape index (κ1) is 12.4. The number of nitrogens with two attached hydrogens (primary N) is 1. The van der Waals surface area contributed by atoms with Crippen molar-refractivity contribution in [2.75, 3.05) is 0 Å². The van der Waals surface area contributed by atoms with Crippen LogP contribution in [0.5, 0.6) is 0 Å². The van der Waals surface area contributed by atoms with Crippen molar-refractivity contribution in [2.24, 2.45) is 5.73 Å². The molecule has 1 aromatic carbocycles.